The van der Waals surface area contributed by atoms with Crippen molar-refractivity contribution in [2.45, 2.75) is 13.8 Å². The molecular weight excluding hydrogens is 224 g/mol. The number of rotatable bonds is 1. The average Bonchev–Trinajstić information content (AvgIpc) is 2.65. The van der Waals surface area contributed by atoms with E-state index in [4.69, 9.17) is 0 Å². The highest BCUT2D eigenvalue weighted by Gasteiger charge is 2.06. The molecule has 0 saturated heterocycles. The molecule has 4 heteroatoms. The van der Waals surface area contributed by atoms with E-state index in [9.17, 15) is 0 Å². The van der Waals surface area contributed by atoms with Gasteiger partial charge < -0.3 is 4.57 Å². The minimum absolute atomic E-state index is 0.782. The Morgan fingerprint density at radius 1 is 1.06 bits per heavy atom. The van der Waals surface area contributed by atoms with Gasteiger partial charge in [0.1, 0.15) is 11.6 Å². The Hall–Kier alpha value is -2.23. The van der Waals surface area contributed by atoms with Crippen molar-refractivity contribution in [1.29, 1.82) is 0 Å². The normalized spacial score (nSPS) is 11.1. The van der Waals surface area contributed by atoms with Crippen LogP contribution < -0.4 is 0 Å². The van der Waals surface area contributed by atoms with Gasteiger partial charge in [-0.05, 0) is 32.0 Å². The third kappa shape index (κ3) is 1.66. The van der Waals surface area contributed by atoms with Crippen LogP contribution in [0.25, 0.3) is 22.3 Å². The fourth-order valence-electron chi connectivity index (χ4n) is 2.10. The van der Waals surface area contributed by atoms with Crippen LogP contribution >= 0.6 is 0 Å². The first-order valence-corrected chi connectivity index (χ1v) is 5.88. The molecular formula is C14H14N4. The molecule has 0 bridgehead atoms. The van der Waals surface area contributed by atoms with Gasteiger partial charge in [0.15, 0.2) is 0 Å². The lowest BCUT2D eigenvalue weighted by Crippen LogP contribution is -1.91. The van der Waals surface area contributed by atoms with E-state index in [1.54, 1.807) is 6.20 Å². The van der Waals surface area contributed by atoms with Crippen LogP contribution in [-0.2, 0) is 7.05 Å². The summed E-state index contributed by atoms with van der Waals surface area (Å²) in [4.78, 5) is 13.1. The van der Waals surface area contributed by atoms with Crippen molar-refractivity contribution in [2.24, 2.45) is 7.05 Å². The van der Waals surface area contributed by atoms with E-state index in [2.05, 4.69) is 37.7 Å². The maximum atomic E-state index is 4.54. The third-order valence-electron chi connectivity index (χ3n) is 3.18. The highest BCUT2D eigenvalue weighted by atomic mass is 15.0. The molecule has 3 aromatic rings. The Balaban J connectivity index is 2.19. The molecule has 0 saturated carbocycles. The number of fused-ring (bicyclic) bond motifs is 1. The molecule has 0 fully saturated rings. The molecule has 0 radical (unpaired) electrons. The van der Waals surface area contributed by atoms with E-state index in [-0.39, 0.29) is 0 Å². The first kappa shape index (κ1) is 10.9. The van der Waals surface area contributed by atoms with Crippen molar-refractivity contribution >= 4 is 11.0 Å². The van der Waals surface area contributed by atoms with Gasteiger partial charge in [-0.15, -0.1) is 0 Å². The van der Waals surface area contributed by atoms with Gasteiger partial charge in [0.25, 0.3) is 0 Å². The van der Waals surface area contributed by atoms with Crippen molar-refractivity contribution in [1.82, 2.24) is 19.5 Å². The maximum absolute atomic E-state index is 4.54. The van der Waals surface area contributed by atoms with Crippen LogP contribution in [0.2, 0.25) is 0 Å². The number of hydrogen-bond acceptors (Lipinski definition) is 3. The zero-order valence-electron chi connectivity index (χ0n) is 10.7. The molecule has 90 valence electrons. The highest BCUT2D eigenvalue weighted by Crippen LogP contribution is 2.22. The van der Waals surface area contributed by atoms with Gasteiger partial charge >= 0.3 is 0 Å². The number of aromatic nitrogens is 4. The summed E-state index contributed by atoms with van der Waals surface area (Å²) in [6, 6.07) is 8.15. The second-order valence-corrected chi connectivity index (χ2v) is 4.41. The van der Waals surface area contributed by atoms with E-state index in [1.807, 2.05) is 27.0 Å². The van der Waals surface area contributed by atoms with Crippen LogP contribution in [0.5, 0.6) is 0 Å². The van der Waals surface area contributed by atoms with Crippen LogP contribution in [0.15, 0.2) is 30.5 Å². The number of nitrogens with zero attached hydrogens (tertiary/aromatic N) is 4. The molecule has 2 heterocycles. The summed E-state index contributed by atoms with van der Waals surface area (Å²) in [5.74, 6) is 1.80. The molecule has 4 nitrogen and oxygen atoms in total. The lowest BCUT2D eigenvalue weighted by molar-refractivity contribution is 0.886. The quantitative estimate of drug-likeness (QED) is 0.654. The van der Waals surface area contributed by atoms with Crippen molar-refractivity contribution in [3.63, 3.8) is 0 Å². The molecule has 2 aromatic heterocycles. The monoisotopic (exact) mass is 238 g/mol. The number of aryl methyl sites for hydroxylation is 3. The van der Waals surface area contributed by atoms with Gasteiger partial charge in [0.2, 0.25) is 0 Å². The van der Waals surface area contributed by atoms with Crippen molar-refractivity contribution in [3.05, 3.63) is 42.1 Å². The van der Waals surface area contributed by atoms with E-state index in [0.29, 0.717) is 0 Å². The minimum Gasteiger partial charge on any atom is -0.331 e. The molecule has 0 amide bonds. The average molecular weight is 238 g/mol. The summed E-state index contributed by atoms with van der Waals surface area (Å²) in [6.07, 6.45) is 1.78. The summed E-state index contributed by atoms with van der Waals surface area (Å²) in [6.45, 7) is 3.90. The smallest absolute Gasteiger partial charge is 0.125 e. The molecule has 0 atom stereocenters. The van der Waals surface area contributed by atoms with Gasteiger partial charge in [-0.1, -0.05) is 6.07 Å². The zero-order chi connectivity index (χ0) is 12.7. The predicted octanol–water partition coefficient (Wildman–Crippen LogP) is 2.65. The Morgan fingerprint density at radius 3 is 2.67 bits per heavy atom. The van der Waals surface area contributed by atoms with E-state index in [1.165, 1.54) is 0 Å². The Kier molecular flexibility index (Phi) is 2.37. The Bertz CT molecular complexity index is 728. The lowest BCUT2D eigenvalue weighted by atomic mass is 10.1. The van der Waals surface area contributed by atoms with Crippen LogP contribution in [0.3, 0.4) is 0 Å². The van der Waals surface area contributed by atoms with E-state index in [0.717, 1.165) is 33.9 Å². The first-order valence-electron chi connectivity index (χ1n) is 5.88. The summed E-state index contributed by atoms with van der Waals surface area (Å²) in [5.41, 5.74) is 4.16. The Labute approximate surface area is 105 Å². The van der Waals surface area contributed by atoms with E-state index < -0.39 is 0 Å². The molecule has 0 unspecified atom stereocenters. The second kappa shape index (κ2) is 3.91. The Morgan fingerprint density at radius 2 is 1.89 bits per heavy atom. The third-order valence-corrected chi connectivity index (χ3v) is 3.18. The standard InChI is InChI=1S/C14H14N4/c1-9-15-7-6-12(16-9)11-4-5-14-13(8-11)17-10(2)18(14)3/h4-8H,1-3H3. The van der Waals surface area contributed by atoms with Gasteiger partial charge in [-0.2, -0.15) is 0 Å². The van der Waals surface area contributed by atoms with Gasteiger partial charge in [-0.25, -0.2) is 15.0 Å². The number of hydrogen-bond donors (Lipinski definition) is 0. The molecule has 3 rings (SSSR count). The van der Waals surface area contributed by atoms with Crippen LogP contribution in [0.1, 0.15) is 11.6 Å². The van der Waals surface area contributed by atoms with Crippen molar-refractivity contribution in [3.8, 4) is 11.3 Å². The van der Waals surface area contributed by atoms with Crippen LogP contribution in [0.4, 0.5) is 0 Å². The molecule has 18 heavy (non-hydrogen) atoms. The number of imidazole rings is 1. The molecule has 0 N–H and O–H groups in total. The molecule has 1 aromatic carbocycles. The fourth-order valence-corrected chi connectivity index (χ4v) is 2.10. The lowest BCUT2D eigenvalue weighted by Gasteiger charge is -2.02. The largest absolute Gasteiger partial charge is 0.331 e. The second-order valence-electron chi connectivity index (χ2n) is 4.41. The number of benzene rings is 1. The van der Waals surface area contributed by atoms with Gasteiger partial charge in [0.05, 0.1) is 16.7 Å². The van der Waals surface area contributed by atoms with Crippen LogP contribution in [-0.4, -0.2) is 19.5 Å². The van der Waals surface area contributed by atoms with Gasteiger partial charge in [-0.3, -0.25) is 0 Å². The molecule has 0 aliphatic heterocycles. The summed E-state index contributed by atoms with van der Waals surface area (Å²) >= 11 is 0. The summed E-state index contributed by atoms with van der Waals surface area (Å²) < 4.78 is 2.09. The maximum Gasteiger partial charge on any atom is 0.125 e. The molecule has 0 spiro atoms. The molecule has 0 aliphatic rings. The van der Waals surface area contributed by atoms with Crippen LogP contribution in [0, 0.1) is 13.8 Å². The van der Waals surface area contributed by atoms with Crippen molar-refractivity contribution in [2.75, 3.05) is 0 Å². The molecule has 0 aliphatic carbocycles. The zero-order valence-corrected chi connectivity index (χ0v) is 10.7. The fraction of sp³-hybridized carbons (Fsp3) is 0.214. The first-order chi connectivity index (χ1) is 8.65. The van der Waals surface area contributed by atoms with Gasteiger partial charge in [0, 0.05) is 18.8 Å². The topological polar surface area (TPSA) is 43.6 Å². The minimum atomic E-state index is 0.782. The van der Waals surface area contributed by atoms with E-state index >= 15 is 0 Å². The highest BCUT2D eigenvalue weighted by molar-refractivity contribution is 5.81. The van der Waals surface area contributed by atoms with Crippen molar-refractivity contribution < 1.29 is 0 Å². The SMILES string of the molecule is Cc1nccc(-c2ccc3c(c2)nc(C)n3C)n1. The summed E-state index contributed by atoms with van der Waals surface area (Å²) in [7, 11) is 2.03. The summed E-state index contributed by atoms with van der Waals surface area (Å²) in [5, 5.41) is 0. The predicted molar refractivity (Wildman–Crippen MR) is 71.2 cm³/mol.